The SMILES string of the molecule is CCCCC(C)N(C(=S)NC)C1C(C)CCCC1C. The van der Waals surface area contributed by atoms with Crippen molar-refractivity contribution in [2.24, 2.45) is 11.8 Å². The van der Waals surface area contributed by atoms with Crippen LogP contribution >= 0.6 is 12.2 Å². The molecule has 0 spiro atoms. The van der Waals surface area contributed by atoms with E-state index < -0.39 is 0 Å². The molecule has 1 N–H and O–H groups in total. The first-order chi connectivity index (χ1) is 9.02. The fourth-order valence-electron chi connectivity index (χ4n) is 3.61. The monoisotopic (exact) mass is 284 g/mol. The van der Waals surface area contributed by atoms with Gasteiger partial charge in [-0.3, -0.25) is 0 Å². The number of rotatable bonds is 5. The van der Waals surface area contributed by atoms with Crippen LogP contribution in [0, 0.1) is 11.8 Å². The fraction of sp³-hybridized carbons (Fsp3) is 0.938. The largest absolute Gasteiger partial charge is 0.366 e. The van der Waals surface area contributed by atoms with Gasteiger partial charge in [-0.05, 0) is 50.2 Å². The van der Waals surface area contributed by atoms with Crippen LogP contribution in [0.5, 0.6) is 0 Å². The molecule has 3 heteroatoms. The minimum Gasteiger partial charge on any atom is -0.366 e. The molecule has 1 rings (SSSR count). The lowest BCUT2D eigenvalue weighted by molar-refractivity contribution is 0.0951. The number of nitrogens with zero attached hydrogens (tertiary/aromatic N) is 1. The van der Waals surface area contributed by atoms with E-state index in [1.807, 2.05) is 7.05 Å². The Morgan fingerprint density at radius 2 is 1.89 bits per heavy atom. The summed E-state index contributed by atoms with van der Waals surface area (Å²) in [4.78, 5) is 2.51. The molecule has 112 valence electrons. The van der Waals surface area contributed by atoms with Crippen molar-refractivity contribution < 1.29 is 0 Å². The van der Waals surface area contributed by atoms with E-state index in [0.717, 1.165) is 16.9 Å². The normalized spacial score (nSPS) is 28.8. The Morgan fingerprint density at radius 3 is 2.37 bits per heavy atom. The summed E-state index contributed by atoms with van der Waals surface area (Å²) in [6, 6.07) is 1.16. The summed E-state index contributed by atoms with van der Waals surface area (Å²) in [7, 11) is 1.96. The van der Waals surface area contributed by atoms with E-state index in [1.54, 1.807) is 0 Å². The van der Waals surface area contributed by atoms with E-state index in [2.05, 4.69) is 37.9 Å². The molecule has 0 bridgehead atoms. The van der Waals surface area contributed by atoms with Crippen molar-refractivity contribution in [3.63, 3.8) is 0 Å². The van der Waals surface area contributed by atoms with E-state index >= 15 is 0 Å². The zero-order valence-corrected chi connectivity index (χ0v) is 14.2. The molecule has 2 nitrogen and oxygen atoms in total. The molecule has 0 heterocycles. The first kappa shape index (κ1) is 16.7. The van der Waals surface area contributed by atoms with Crippen LogP contribution in [-0.4, -0.2) is 29.1 Å². The van der Waals surface area contributed by atoms with Crippen LogP contribution < -0.4 is 5.32 Å². The number of thiocarbonyl (C=S) groups is 1. The number of nitrogens with one attached hydrogen (secondary N) is 1. The highest BCUT2D eigenvalue weighted by molar-refractivity contribution is 7.80. The molecule has 1 saturated carbocycles. The fourth-order valence-corrected chi connectivity index (χ4v) is 3.91. The van der Waals surface area contributed by atoms with Gasteiger partial charge in [0, 0.05) is 19.1 Å². The van der Waals surface area contributed by atoms with Gasteiger partial charge in [0.2, 0.25) is 0 Å². The molecule has 0 aromatic heterocycles. The maximum Gasteiger partial charge on any atom is 0.169 e. The predicted octanol–water partition coefficient (Wildman–Crippen LogP) is 4.20. The third-order valence-electron chi connectivity index (χ3n) is 4.70. The Balaban J connectivity index is 2.85. The van der Waals surface area contributed by atoms with Crippen molar-refractivity contribution in [1.82, 2.24) is 10.2 Å². The highest BCUT2D eigenvalue weighted by atomic mass is 32.1. The minimum absolute atomic E-state index is 0.549. The molecule has 19 heavy (non-hydrogen) atoms. The Kier molecular flexibility index (Phi) is 7.12. The number of unbranched alkanes of at least 4 members (excludes halogenated alkanes) is 1. The van der Waals surface area contributed by atoms with Crippen molar-refractivity contribution >= 4 is 17.3 Å². The second-order valence-electron chi connectivity index (χ2n) is 6.33. The lowest BCUT2D eigenvalue weighted by atomic mass is 9.77. The molecule has 1 fully saturated rings. The summed E-state index contributed by atoms with van der Waals surface area (Å²) < 4.78 is 0. The van der Waals surface area contributed by atoms with E-state index in [1.165, 1.54) is 38.5 Å². The number of hydrogen-bond acceptors (Lipinski definition) is 1. The highest BCUT2D eigenvalue weighted by Crippen LogP contribution is 2.34. The van der Waals surface area contributed by atoms with Gasteiger partial charge in [-0.1, -0.05) is 40.0 Å². The van der Waals surface area contributed by atoms with E-state index in [4.69, 9.17) is 12.2 Å². The Labute approximate surface area is 125 Å². The zero-order valence-electron chi connectivity index (χ0n) is 13.4. The Bertz CT molecular complexity index is 270. The first-order valence-electron chi connectivity index (χ1n) is 8.02. The summed E-state index contributed by atoms with van der Waals surface area (Å²) in [6.07, 6.45) is 7.87. The van der Waals surface area contributed by atoms with Crippen LogP contribution in [0.1, 0.15) is 66.2 Å². The van der Waals surface area contributed by atoms with Crippen molar-refractivity contribution in [3.05, 3.63) is 0 Å². The second-order valence-corrected chi connectivity index (χ2v) is 6.72. The third-order valence-corrected chi connectivity index (χ3v) is 5.12. The van der Waals surface area contributed by atoms with Gasteiger partial charge in [0.15, 0.2) is 5.11 Å². The Hall–Kier alpha value is -0.310. The van der Waals surface area contributed by atoms with Gasteiger partial charge in [-0.25, -0.2) is 0 Å². The summed E-state index contributed by atoms with van der Waals surface area (Å²) >= 11 is 5.60. The maximum absolute atomic E-state index is 5.60. The standard InChI is InChI=1S/C16H32N2S/c1-6-7-11-14(4)18(16(19)17-5)15-12(2)9-8-10-13(15)3/h12-15H,6-11H2,1-5H3,(H,17,19). The molecular formula is C16H32N2S. The molecule has 0 aromatic carbocycles. The average molecular weight is 285 g/mol. The van der Waals surface area contributed by atoms with Gasteiger partial charge in [0.1, 0.15) is 0 Å². The van der Waals surface area contributed by atoms with Crippen LogP contribution in [-0.2, 0) is 0 Å². The van der Waals surface area contributed by atoms with Gasteiger partial charge < -0.3 is 10.2 Å². The van der Waals surface area contributed by atoms with Crippen molar-refractivity contribution in [1.29, 1.82) is 0 Å². The van der Waals surface area contributed by atoms with Crippen LogP contribution in [0.3, 0.4) is 0 Å². The lowest BCUT2D eigenvalue weighted by Gasteiger charge is -2.46. The summed E-state index contributed by atoms with van der Waals surface area (Å²) in [5.74, 6) is 1.50. The zero-order chi connectivity index (χ0) is 14.4. The van der Waals surface area contributed by atoms with Gasteiger partial charge in [0.25, 0.3) is 0 Å². The molecule has 0 aliphatic heterocycles. The summed E-state index contributed by atoms with van der Waals surface area (Å²) in [5, 5.41) is 4.16. The smallest absolute Gasteiger partial charge is 0.169 e. The van der Waals surface area contributed by atoms with E-state index in [9.17, 15) is 0 Å². The van der Waals surface area contributed by atoms with E-state index in [0.29, 0.717) is 12.1 Å². The molecule has 0 aromatic rings. The molecule has 3 atom stereocenters. The van der Waals surface area contributed by atoms with Crippen LogP contribution in [0.15, 0.2) is 0 Å². The van der Waals surface area contributed by atoms with Gasteiger partial charge >= 0.3 is 0 Å². The third kappa shape index (κ3) is 4.34. The quantitative estimate of drug-likeness (QED) is 0.762. The van der Waals surface area contributed by atoms with Crippen molar-refractivity contribution in [2.75, 3.05) is 7.05 Å². The maximum atomic E-state index is 5.60. The highest BCUT2D eigenvalue weighted by Gasteiger charge is 2.35. The van der Waals surface area contributed by atoms with Crippen molar-refractivity contribution in [2.45, 2.75) is 78.3 Å². The Morgan fingerprint density at radius 1 is 1.32 bits per heavy atom. The predicted molar refractivity (Wildman–Crippen MR) is 88.5 cm³/mol. The molecule has 1 aliphatic carbocycles. The topological polar surface area (TPSA) is 15.3 Å². The summed E-state index contributed by atoms with van der Waals surface area (Å²) in [6.45, 7) is 9.41. The molecule has 0 amide bonds. The van der Waals surface area contributed by atoms with Crippen LogP contribution in [0.25, 0.3) is 0 Å². The molecular weight excluding hydrogens is 252 g/mol. The van der Waals surface area contributed by atoms with Crippen molar-refractivity contribution in [3.8, 4) is 0 Å². The lowest BCUT2D eigenvalue weighted by Crippen LogP contribution is -2.55. The average Bonchev–Trinajstić information content (AvgIpc) is 2.39. The first-order valence-corrected chi connectivity index (χ1v) is 8.43. The summed E-state index contributed by atoms with van der Waals surface area (Å²) in [5.41, 5.74) is 0. The minimum atomic E-state index is 0.549. The molecule has 3 unspecified atom stereocenters. The van der Waals surface area contributed by atoms with Gasteiger partial charge in [-0.15, -0.1) is 0 Å². The second kappa shape index (κ2) is 8.08. The number of hydrogen-bond donors (Lipinski definition) is 1. The molecule has 0 radical (unpaired) electrons. The van der Waals surface area contributed by atoms with Gasteiger partial charge in [-0.2, -0.15) is 0 Å². The van der Waals surface area contributed by atoms with Gasteiger partial charge in [0.05, 0.1) is 0 Å². The van der Waals surface area contributed by atoms with Crippen LogP contribution in [0.2, 0.25) is 0 Å². The molecule has 0 saturated heterocycles. The molecule has 1 aliphatic rings. The van der Waals surface area contributed by atoms with E-state index in [-0.39, 0.29) is 0 Å². The van der Waals surface area contributed by atoms with Crippen LogP contribution in [0.4, 0.5) is 0 Å².